The summed E-state index contributed by atoms with van der Waals surface area (Å²) >= 11 is 0. The van der Waals surface area contributed by atoms with Crippen LogP contribution in [-0.4, -0.2) is 5.11 Å². The molecule has 3 unspecified atom stereocenters. The van der Waals surface area contributed by atoms with Crippen molar-refractivity contribution in [3.8, 4) is 5.75 Å². The van der Waals surface area contributed by atoms with E-state index >= 15 is 0 Å². The minimum absolute atomic E-state index is 0.333. The number of rotatable bonds is 9. The van der Waals surface area contributed by atoms with Gasteiger partial charge >= 0.3 is 0 Å². The Morgan fingerprint density at radius 1 is 0.471 bits per heavy atom. The van der Waals surface area contributed by atoms with Gasteiger partial charge in [-0.2, -0.15) is 0 Å². The van der Waals surface area contributed by atoms with Gasteiger partial charge in [0.2, 0.25) is 0 Å². The third-order valence-electron chi connectivity index (χ3n) is 7.16. The van der Waals surface area contributed by atoms with E-state index in [0.29, 0.717) is 23.5 Å². The van der Waals surface area contributed by atoms with E-state index in [1.807, 2.05) is 6.07 Å². The second-order valence-corrected chi connectivity index (χ2v) is 9.75. The molecule has 1 N–H and O–H groups in total. The predicted molar refractivity (Wildman–Crippen MR) is 144 cm³/mol. The zero-order valence-corrected chi connectivity index (χ0v) is 20.6. The molecule has 0 aliphatic rings. The highest BCUT2D eigenvalue weighted by Gasteiger charge is 2.20. The maximum atomic E-state index is 11.0. The number of phenols is 1. The van der Waals surface area contributed by atoms with Crippen LogP contribution in [0.5, 0.6) is 5.75 Å². The molecule has 0 spiro atoms. The van der Waals surface area contributed by atoms with Crippen molar-refractivity contribution in [2.45, 2.75) is 57.8 Å². The van der Waals surface area contributed by atoms with Gasteiger partial charge in [-0.3, -0.25) is 0 Å². The van der Waals surface area contributed by atoms with Crippen LogP contribution < -0.4 is 0 Å². The molecule has 34 heavy (non-hydrogen) atoms. The third-order valence-corrected chi connectivity index (χ3v) is 7.16. The highest BCUT2D eigenvalue weighted by molar-refractivity contribution is 5.47. The first-order valence-electron chi connectivity index (χ1n) is 12.5. The van der Waals surface area contributed by atoms with Crippen LogP contribution in [0.15, 0.2) is 103 Å². The molecule has 0 fully saturated rings. The summed E-state index contributed by atoms with van der Waals surface area (Å²) in [6.07, 6.45) is 2.72. The largest absolute Gasteiger partial charge is 0.508 e. The normalized spacial score (nSPS) is 13.9. The van der Waals surface area contributed by atoms with Crippen LogP contribution in [0.3, 0.4) is 0 Å². The Balaban J connectivity index is 1.70. The first-order valence-corrected chi connectivity index (χ1v) is 12.5. The maximum Gasteiger partial charge on any atom is 0.119 e. The van der Waals surface area contributed by atoms with Crippen LogP contribution in [0.1, 0.15) is 71.9 Å². The topological polar surface area (TPSA) is 20.2 Å². The van der Waals surface area contributed by atoms with Gasteiger partial charge in [0.25, 0.3) is 0 Å². The lowest BCUT2D eigenvalue weighted by atomic mass is 9.81. The molecule has 0 bridgehead atoms. The highest BCUT2D eigenvalue weighted by Crippen LogP contribution is 2.35. The summed E-state index contributed by atoms with van der Waals surface area (Å²) in [6, 6.07) is 36.2. The van der Waals surface area contributed by atoms with E-state index in [4.69, 9.17) is 0 Å². The number of aromatic hydroxyl groups is 1. The molecule has 1 nitrogen and oxygen atoms in total. The minimum atomic E-state index is 0.333. The lowest BCUT2D eigenvalue weighted by Gasteiger charge is -2.24. The van der Waals surface area contributed by atoms with E-state index in [9.17, 15) is 5.11 Å². The molecule has 0 heterocycles. The second-order valence-electron chi connectivity index (χ2n) is 9.75. The van der Waals surface area contributed by atoms with Gasteiger partial charge in [0.05, 0.1) is 0 Å². The fourth-order valence-electron chi connectivity index (χ4n) is 5.04. The van der Waals surface area contributed by atoms with E-state index in [2.05, 4.69) is 118 Å². The molecule has 3 atom stereocenters. The third kappa shape index (κ3) is 5.78. The van der Waals surface area contributed by atoms with E-state index < -0.39 is 0 Å². The summed E-state index contributed by atoms with van der Waals surface area (Å²) in [5.41, 5.74) is 7.80. The molecular formula is C33H36O. The Morgan fingerprint density at radius 3 is 1.29 bits per heavy atom. The molecule has 0 amide bonds. The molecule has 0 saturated heterocycles. The molecule has 0 aliphatic heterocycles. The van der Waals surface area contributed by atoms with Gasteiger partial charge in [0.1, 0.15) is 5.75 Å². The van der Waals surface area contributed by atoms with Gasteiger partial charge in [-0.15, -0.1) is 0 Å². The molecule has 4 aromatic rings. The Bertz CT molecular complexity index is 1170. The lowest BCUT2D eigenvalue weighted by Crippen LogP contribution is -2.10. The van der Waals surface area contributed by atoms with Crippen molar-refractivity contribution in [2.24, 2.45) is 0 Å². The van der Waals surface area contributed by atoms with Gasteiger partial charge in [0.15, 0.2) is 0 Å². The second kappa shape index (κ2) is 11.2. The van der Waals surface area contributed by atoms with E-state index in [1.165, 1.54) is 27.8 Å². The van der Waals surface area contributed by atoms with Crippen molar-refractivity contribution < 1.29 is 5.11 Å². The molecule has 4 aromatic carbocycles. The van der Waals surface area contributed by atoms with Crippen LogP contribution >= 0.6 is 0 Å². The Kier molecular flexibility index (Phi) is 7.85. The number of benzene rings is 4. The van der Waals surface area contributed by atoms with Crippen molar-refractivity contribution in [1.29, 1.82) is 0 Å². The van der Waals surface area contributed by atoms with Crippen molar-refractivity contribution >= 4 is 0 Å². The van der Waals surface area contributed by atoms with Gasteiger partial charge in [-0.05, 0) is 76.5 Å². The summed E-state index contributed by atoms with van der Waals surface area (Å²) in [5.74, 6) is 1.55. The van der Waals surface area contributed by atoms with Gasteiger partial charge in [0, 0.05) is 0 Å². The SMILES string of the molecule is CC(Cc1ccc(O)c(CC(C)c2ccccc2)c1CC(C)c1ccccc1)c1ccccc1. The molecule has 1 heteroatoms. The van der Waals surface area contributed by atoms with Crippen LogP contribution in [0.2, 0.25) is 0 Å². The summed E-state index contributed by atoms with van der Waals surface area (Å²) < 4.78 is 0. The zero-order valence-electron chi connectivity index (χ0n) is 20.6. The number of phenolic OH excluding ortho intramolecular Hbond substituents is 1. The highest BCUT2D eigenvalue weighted by atomic mass is 16.3. The molecule has 0 aromatic heterocycles. The molecule has 0 saturated carbocycles. The first-order chi connectivity index (χ1) is 16.5. The summed E-state index contributed by atoms with van der Waals surface area (Å²) in [5, 5.41) is 11.0. The van der Waals surface area contributed by atoms with Crippen molar-refractivity contribution in [3.63, 3.8) is 0 Å². The fourth-order valence-corrected chi connectivity index (χ4v) is 5.04. The van der Waals surface area contributed by atoms with Crippen molar-refractivity contribution in [2.75, 3.05) is 0 Å². The molecular weight excluding hydrogens is 412 g/mol. The van der Waals surface area contributed by atoms with Crippen LogP contribution in [-0.2, 0) is 19.3 Å². The minimum Gasteiger partial charge on any atom is -0.508 e. The summed E-state index contributed by atoms with van der Waals surface area (Å²) in [6.45, 7) is 6.87. The smallest absolute Gasteiger partial charge is 0.119 e. The Morgan fingerprint density at radius 2 is 0.853 bits per heavy atom. The number of hydrogen-bond donors (Lipinski definition) is 1. The van der Waals surface area contributed by atoms with Gasteiger partial charge in [-0.25, -0.2) is 0 Å². The molecule has 0 radical (unpaired) electrons. The monoisotopic (exact) mass is 448 g/mol. The quantitative estimate of drug-likeness (QED) is 0.272. The van der Waals surface area contributed by atoms with Crippen molar-refractivity contribution in [3.05, 3.63) is 137 Å². The number of hydrogen-bond acceptors (Lipinski definition) is 1. The van der Waals surface area contributed by atoms with Crippen LogP contribution in [0.4, 0.5) is 0 Å². The Labute approximate surface area is 205 Å². The first kappa shape index (κ1) is 23.8. The van der Waals surface area contributed by atoms with Gasteiger partial charge < -0.3 is 5.11 Å². The van der Waals surface area contributed by atoms with Crippen LogP contribution in [0.25, 0.3) is 0 Å². The van der Waals surface area contributed by atoms with E-state index in [1.54, 1.807) is 0 Å². The van der Waals surface area contributed by atoms with Crippen molar-refractivity contribution in [1.82, 2.24) is 0 Å². The maximum absolute atomic E-state index is 11.0. The molecule has 0 aliphatic carbocycles. The Hall–Kier alpha value is -3.32. The summed E-state index contributed by atoms with van der Waals surface area (Å²) in [4.78, 5) is 0. The van der Waals surface area contributed by atoms with Gasteiger partial charge in [-0.1, -0.05) is 118 Å². The predicted octanol–water partition coefficient (Wildman–Crippen LogP) is 8.43. The molecule has 174 valence electrons. The summed E-state index contributed by atoms with van der Waals surface area (Å²) in [7, 11) is 0. The van der Waals surface area contributed by atoms with Crippen LogP contribution in [0, 0.1) is 0 Å². The molecule has 4 rings (SSSR count). The average molecular weight is 449 g/mol. The zero-order chi connectivity index (χ0) is 23.9. The van der Waals surface area contributed by atoms with E-state index in [-0.39, 0.29) is 0 Å². The standard InChI is InChI=1S/C33H36O/c1-24(27-13-7-4-8-14-27)21-30-19-20-33(34)32(23-26(3)29-17-11-6-12-18-29)31(30)22-25(2)28-15-9-5-10-16-28/h4-20,24-26,34H,21-23H2,1-3H3. The fraction of sp³-hybridized carbons (Fsp3) is 0.273. The van der Waals surface area contributed by atoms with E-state index in [0.717, 1.165) is 24.8 Å². The lowest BCUT2D eigenvalue weighted by molar-refractivity contribution is 0.463. The average Bonchev–Trinajstić information content (AvgIpc) is 2.89.